The summed E-state index contributed by atoms with van der Waals surface area (Å²) >= 11 is 0. The summed E-state index contributed by atoms with van der Waals surface area (Å²) in [5, 5.41) is 2.76. The summed E-state index contributed by atoms with van der Waals surface area (Å²) in [7, 11) is 0. The van der Waals surface area contributed by atoms with Crippen molar-refractivity contribution in [2.45, 2.75) is 140 Å². The second-order valence-electron chi connectivity index (χ2n) is 12.6. The lowest BCUT2D eigenvalue weighted by Crippen LogP contribution is -2.59. The third-order valence-electron chi connectivity index (χ3n) is 9.22. The van der Waals surface area contributed by atoms with Crippen molar-refractivity contribution in [1.29, 1.82) is 0 Å². The maximum atomic E-state index is 13.7. The van der Waals surface area contributed by atoms with Crippen LogP contribution in [0.4, 0.5) is 0 Å². The molecule has 3 aliphatic rings. The number of nitrogens with two attached hydrogens (primary N) is 2. The van der Waals surface area contributed by atoms with Crippen LogP contribution >= 0.6 is 0 Å². The number of nitrogens with one attached hydrogen (secondary N) is 1. The predicted molar refractivity (Wildman–Crippen MR) is 163 cm³/mol. The molecule has 3 fully saturated rings. The molecule has 42 heavy (non-hydrogen) atoms. The van der Waals surface area contributed by atoms with Crippen LogP contribution in [0.25, 0.3) is 0 Å². The van der Waals surface area contributed by atoms with Crippen molar-refractivity contribution in [3.05, 3.63) is 0 Å². The van der Waals surface area contributed by atoms with Crippen LogP contribution in [0.15, 0.2) is 0 Å². The van der Waals surface area contributed by atoms with Gasteiger partial charge < -0.3 is 36.1 Å². The average Bonchev–Trinajstić information content (AvgIpc) is 3.65. The number of ether oxygens (including phenoxy) is 2. The predicted octanol–water partition coefficient (Wildman–Crippen LogP) is 1.94. The Bertz CT molecular complexity index is 909. The van der Waals surface area contributed by atoms with Crippen molar-refractivity contribution in [2.75, 3.05) is 26.3 Å². The molecule has 0 aliphatic carbocycles. The zero-order valence-corrected chi connectivity index (χ0v) is 26.1. The van der Waals surface area contributed by atoms with Crippen LogP contribution in [-0.2, 0) is 28.7 Å². The maximum Gasteiger partial charge on any atom is 0.246 e. The van der Waals surface area contributed by atoms with E-state index >= 15 is 0 Å². The molecule has 0 aromatic heterocycles. The Morgan fingerprint density at radius 1 is 0.786 bits per heavy atom. The number of amides is 4. The molecular weight excluding hydrogens is 537 g/mol. The maximum absolute atomic E-state index is 13.7. The fourth-order valence-electron chi connectivity index (χ4n) is 6.45. The highest BCUT2D eigenvalue weighted by Crippen LogP contribution is 2.26. The van der Waals surface area contributed by atoms with Gasteiger partial charge in [-0.25, -0.2) is 0 Å². The third-order valence-corrected chi connectivity index (χ3v) is 9.22. The summed E-state index contributed by atoms with van der Waals surface area (Å²) < 4.78 is 11.8. The number of fused-ring (bicyclic) bond motifs is 2. The molecule has 11 nitrogen and oxygen atoms in total. The van der Waals surface area contributed by atoms with E-state index in [0.29, 0.717) is 58.7 Å². The van der Waals surface area contributed by atoms with Crippen molar-refractivity contribution in [2.24, 2.45) is 11.5 Å². The van der Waals surface area contributed by atoms with E-state index in [4.69, 9.17) is 20.9 Å². The zero-order chi connectivity index (χ0) is 30.6. The molecular formula is C30H54BN5O6. The molecule has 0 radical (unpaired) electrons. The van der Waals surface area contributed by atoms with Crippen LogP contribution < -0.4 is 16.8 Å². The Morgan fingerprint density at radius 3 is 1.98 bits per heavy atom. The molecule has 5 N–H and O–H groups in total. The van der Waals surface area contributed by atoms with Gasteiger partial charge in [0.2, 0.25) is 23.6 Å². The lowest BCUT2D eigenvalue weighted by Gasteiger charge is -2.33. The van der Waals surface area contributed by atoms with Gasteiger partial charge in [0.25, 0.3) is 0 Å². The van der Waals surface area contributed by atoms with Crippen LogP contribution in [0.1, 0.15) is 84.5 Å². The molecule has 6 atom stereocenters. The molecule has 238 valence electrons. The Hall–Kier alpha value is -2.18. The van der Waals surface area contributed by atoms with Crippen LogP contribution in [0.3, 0.4) is 0 Å². The molecule has 3 saturated heterocycles. The van der Waals surface area contributed by atoms with E-state index in [2.05, 4.69) is 12.1 Å². The van der Waals surface area contributed by atoms with Crippen molar-refractivity contribution in [3.8, 4) is 0 Å². The first-order valence-electron chi connectivity index (χ1n) is 16.3. The van der Waals surface area contributed by atoms with E-state index in [0.717, 1.165) is 38.4 Å². The van der Waals surface area contributed by atoms with Gasteiger partial charge in [-0.3, -0.25) is 19.2 Å². The summed E-state index contributed by atoms with van der Waals surface area (Å²) in [5.41, 5.74) is 12.0. The van der Waals surface area contributed by atoms with Gasteiger partial charge >= 0.3 is 0 Å². The van der Waals surface area contributed by atoms with Gasteiger partial charge in [-0.05, 0) is 52.4 Å². The van der Waals surface area contributed by atoms with Gasteiger partial charge in [0.05, 0.1) is 12.2 Å². The number of hydrogen-bond donors (Lipinski definition) is 3. The van der Waals surface area contributed by atoms with Crippen LogP contribution in [0.2, 0.25) is 19.5 Å². The van der Waals surface area contributed by atoms with Crippen LogP contribution in [0, 0.1) is 0 Å². The minimum Gasteiger partial charge on any atom is -0.376 e. The fourth-order valence-corrected chi connectivity index (χ4v) is 6.45. The molecule has 0 saturated carbocycles. The smallest absolute Gasteiger partial charge is 0.246 e. The second-order valence-corrected chi connectivity index (χ2v) is 12.6. The van der Waals surface area contributed by atoms with E-state index < -0.39 is 48.2 Å². The first-order valence-corrected chi connectivity index (χ1v) is 16.3. The highest BCUT2D eigenvalue weighted by Gasteiger charge is 2.44. The number of nitrogens with zero attached hydrogens (tertiary/aromatic N) is 2. The van der Waals surface area contributed by atoms with Crippen molar-refractivity contribution in [1.82, 2.24) is 15.1 Å². The molecule has 3 rings (SSSR count). The highest BCUT2D eigenvalue weighted by atomic mass is 16.5. The number of carbonyl (C=O) groups excluding carboxylic acids is 4. The quantitative estimate of drug-likeness (QED) is 0.394. The van der Waals surface area contributed by atoms with Gasteiger partial charge in [-0.1, -0.05) is 51.6 Å². The van der Waals surface area contributed by atoms with E-state index in [-0.39, 0.29) is 11.8 Å². The lowest BCUT2D eigenvalue weighted by atomic mass is 9.46. The minimum absolute atomic E-state index is 0.255. The average molecular weight is 592 g/mol. The topological polar surface area (TPSA) is 157 Å². The SMILES string of the molecule is CB1CCCCCCCO[C@@H](C)[C@H](C(N)=O)NC(=O)[C@@H]2CCCN2C(=O)[C@@H]2CCCN2C(=O)[C@@H](N)[C@@H](C)OCCCC1. The Morgan fingerprint density at radius 2 is 1.31 bits per heavy atom. The van der Waals surface area contributed by atoms with Gasteiger partial charge in [-0.2, -0.15) is 0 Å². The molecule has 12 heteroatoms. The van der Waals surface area contributed by atoms with E-state index in [9.17, 15) is 19.2 Å². The zero-order valence-electron chi connectivity index (χ0n) is 26.1. The fraction of sp³-hybridized carbons (Fsp3) is 0.867. The number of rotatable bonds is 1. The highest BCUT2D eigenvalue weighted by molar-refractivity contribution is 6.57. The Kier molecular flexibility index (Phi) is 14.1. The molecule has 4 amide bonds. The van der Waals surface area contributed by atoms with Gasteiger partial charge in [-0.15, -0.1) is 0 Å². The normalized spacial score (nSPS) is 32.8. The minimum atomic E-state index is -1.00. The molecule has 0 aromatic carbocycles. The molecule has 0 bridgehead atoms. The molecule has 3 aliphatic heterocycles. The molecule has 0 aromatic rings. The van der Waals surface area contributed by atoms with Gasteiger partial charge in [0.15, 0.2) is 0 Å². The van der Waals surface area contributed by atoms with E-state index in [1.165, 1.54) is 19.2 Å². The van der Waals surface area contributed by atoms with E-state index in [1.807, 2.05) is 6.92 Å². The van der Waals surface area contributed by atoms with Gasteiger partial charge in [0, 0.05) is 26.3 Å². The molecule has 3 heterocycles. The summed E-state index contributed by atoms with van der Waals surface area (Å²) in [6, 6.07) is -3.27. The summed E-state index contributed by atoms with van der Waals surface area (Å²) in [4.78, 5) is 55.9. The van der Waals surface area contributed by atoms with E-state index in [1.54, 1.807) is 16.7 Å². The van der Waals surface area contributed by atoms with Crippen molar-refractivity contribution >= 4 is 30.3 Å². The lowest BCUT2D eigenvalue weighted by molar-refractivity contribution is -0.148. The largest absolute Gasteiger partial charge is 0.376 e. The third kappa shape index (κ3) is 9.67. The number of primary amides is 1. The van der Waals surface area contributed by atoms with Crippen molar-refractivity contribution < 1.29 is 28.7 Å². The molecule has 0 spiro atoms. The summed E-state index contributed by atoms with van der Waals surface area (Å²) in [6.45, 7) is 8.40. The number of carbonyl (C=O) groups is 4. The molecule has 0 unspecified atom stereocenters. The Balaban J connectivity index is 1.70. The van der Waals surface area contributed by atoms with Crippen LogP contribution in [0.5, 0.6) is 0 Å². The van der Waals surface area contributed by atoms with Crippen LogP contribution in [-0.4, -0.2) is 103 Å². The standard InChI is InChI=1S/C30H54BN5O6/c1-21-25(32)30(40)36-18-12-14-24(36)29(39)35-17-11-13-23(35)28(38)34-26(27(33)37)22(2)42-19-9-6-4-5-7-15-31(3)16-8-10-20-41-21/h21-26H,4-20,32H2,1-3H3,(H2,33,37)(H,34,38)/t21-,22+,23+,24+,25+,26-/m1/s1. The Labute approximate surface area is 252 Å². The number of hydrogen-bond acceptors (Lipinski definition) is 7. The first kappa shape index (κ1) is 34.3. The van der Waals surface area contributed by atoms with Crippen molar-refractivity contribution in [3.63, 3.8) is 0 Å². The monoisotopic (exact) mass is 591 g/mol. The second kappa shape index (κ2) is 17.2. The first-order chi connectivity index (χ1) is 20.1. The summed E-state index contributed by atoms with van der Waals surface area (Å²) in [5.74, 6) is -1.65. The summed E-state index contributed by atoms with van der Waals surface area (Å²) in [6.07, 6.45) is 11.1. The van der Waals surface area contributed by atoms with Gasteiger partial charge in [0.1, 0.15) is 30.9 Å².